The fourth-order valence-corrected chi connectivity index (χ4v) is 2.73. The Hall–Kier alpha value is -0.650. The van der Waals surface area contributed by atoms with E-state index in [1.54, 1.807) is 0 Å². The molecule has 2 saturated heterocycles. The van der Waals surface area contributed by atoms with E-state index in [0.717, 1.165) is 58.6 Å². The Labute approximate surface area is 116 Å². The minimum atomic E-state index is 0.219. The first-order valence-electron chi connectivity index (χ1n) is 7.54. The molecular formula is C14H27N3O2. The molecule has 0 saturated carbocycles. The average molecular weight is 269 g/mol. The van der Waals surface area contributed by atoms with Crippen LogP contribution in [0.3, 0.4) is 0 Å². The van der Waals surface area contributed by atoms with Crippen molar-refractivity contribution in [1.29, 1.82) is 0 Å². The van der Waals surface area contributed by atoms with Gasteiger partial charge in [-0.25, -0.2) is 0 Å². The van der Waals surface area contributed by atoms with Crippen molar-refractivity contribution >= 4 is 5.91 Å². The van der Waals surface area contributed by atoms with Crippen LogP contribution < -0.4 is 5.32 Å². The summed E-state index contributed by atoms with van der Waals surface area (Å²) in [5.74, 6) is 0.219. The predicted octanol–water partition coefficient (Wildman–Crippen LogP) is 0.309. The second-order valence-electron chi connectivity index (χ2n) is 5.64. The molecule has 0 bridgehead atoms. The van der Waals surface area contributed by atoms with Gasteiger partial charge >= 0.3 is 0 Å². The SMILES string of the molecule is CN(CC1CCCCO1)C(=O)CN1CCCNCC1. The lowest BCUT2D eigenvalue weighted by Crippen LogP contribution is -2.43. The lowest BCUT2D eigenvalue weighted by molar-refractivity contribution is -0.133. The van der Waals surface area contributed by atoms with Gasteiger partial charge in [0.25, 0.3) is 0 Å². The largest absolute Gasteiger partial charge is 0.376 e. The highest BCUT2D eigenvalue weighted by Gasteiger charge is 2.20. The van der Waals surface area contributed by atoms with Crippen molar-refractivity contribution in [2.45, 2.75) is 31.8 Å². The predicted molar refractivity (Wildman–Crippen MR) is 75.2 cm³/mol. The lowest BCUT2D eigenvalue weighted by Gasteiger charge is -2.29. The molecule has 0 spiro atoms. The molecule has 1 N–H and O–H groups in total. The number of likely N-dealkylation sites (N-methyl/N-ethyl adjacent to an activating group) is 1. The fourth-order valence-electron chi connectivity index (χ4n) is 2.73. The standard InChI is InChI=1S/C14H27N3O2/c1-16(11-13-5-2-3-10-19-13)14(18)12-17-8-4-6-15-7-9-17/h13,15H,2-12H2,1H3. The third-order valence-electron chi connectivity index (χ3n) is 3.97. The molecule has 1 amide bonds. The number of nitrogens with zero attached hydrogens (tertiary/aromatic N) is 2. The summed E-state index contributed by atoms with van der Waals surface area (Å²) in [6.45, 7) is 6.19. The van der Waals surface area contributed by atoms with Crippen LogP contribution in [0.5, 0.6) is 0 Å². The summed E-state index contributed by atoms with van der Waals surface area (Å²) in [5.41, 5.74) is 0. The average Bonchev–Trinajstić information content (AvgIpc) is 2.68. The zero-order valence-electron chi connectivity index (χ0n) is 12.1. The van der Waals surface area contributed by atoms with Crippen LogP contribution in [0.15, 0.2) is 0 Å². The van der Waals surface area contributed by atoms with Crippen molar-refractivity contribution in [3.05, 3.63) is 0 Å². The molecule has 0 aromatic heterocycles. The smallest absolute Gasteiger partial charge is 0.236 e. The Kier molecular flexibility index (Phi) is 6.07. The van der Waals surface area contributed by atoms with Gasteiger partial charge in [0, 0.05) is 33.3 Å². The third-order valence-corrected chi connectivity index (χ3v) is 3.97. The number of carbonyl (C=O) groups is 1. The highest BCUT2D eigenvalue weighted by Crippen LogP contribution is 2.13. The van der Waals surface area contributed by atoms with E-state index in [4.69, 9.17) is 4.74 Å². The fraction of sp³-hybridized carbons (Fsp3) is 0.929. The summed E-state index contributed by atoms with van der Waals surface area (Å²) in [6.07, 6.45) is 4.85. The van der Waals surface area contributed by atoms with Crippen molar-refractivity contribution in [3.8, 4) is 0 Å². The normalized spacial score (nSPS) is 25.8. The van der Waals surface area contributed by atoms with E-state index in [1.807, 2.05) is 11.9 Å². The molecular weight excluding hydrogens is 242 g/mol. The Balaban J connectivity index is 1.71. The lowest BCUT2D eigenvalue weighted by atomic mass is 10.1. The van der Waals surface area contributed by atoms with E-state index < -0.39 is 0 Å². The van der Waals surface area contributed by atoms with E-state index in [9.17, 15) is 4.79 Å². The van der Waals surface area contributed by atoms with Crippen LogP contribution in [-0.4, -0.2) is 74.7 Å². The first-order chi connectivity index (χ1) is 9.25. The van der Waals surface area contributed by atoms with Gasteiger partial charge in [-0.3, -0.25) is 9.69 Å². The molecule has 5 heteroatoms. The molecule has 0 aromatic carbocycles. The summed E-state index contributed by atoms with van der Waals surface area (Å²) >= 11 is 0. The monoisotopic (exact) mass is 269 g/mol. The first-order valence-corrected chi connectivity index (χ1v) is 7.54. The number of hydrogen-bond acceptors (Lipinski definition) is 4. The number of rotatable bonds is 4. The Bertz CT molecular complexity index is 272. The molecule has 0 radical (unpaired) electrons. The van der Waals surface area contributed by atoms with Crippen molar-refractivity contribution in [3.63, 3.8) is 0 Å². The van der Waals surface area contributed by atoms with Crippen LogP contribution in [0.25, 0.3) is 0 Å². The molecule has 19 heavy (non-hydrogen) atoms. The third kappa shape index (κ3) is 5.09. The maximum atomic E-state index is 12.2. The number of hydrogen-bond donors (Lipinski definition) is 1. The van der Waals surface area contributed by atoms with Gasteiger partial charge in [-0.2, -0.15) is 0 Å². The van der Waals surface area contributed by atoms with Crippen LogP contribution in [0, 0.1) is 0 Å². The van der Waals surface area contributed by atoms with Gasteiger partial charge in [-0.05, 0) is 38.8 Å². The summed E-state index contributed by atoms with van der Waals surface area (Å²) in [6, 6.07) is 0. The zero-order chi connectivity index (χ0) is 13.5. The van der Waals surface area contributed by atoms with Gasteiger partial charge in [0.05, 0.1) is 12.6 Å². The summed E-state index contributed by atoms with van der Waals surface area (Å²) < 4.78 is 5.69. The minimum absolute atomic E-state index is 0.219. The van der Waals surface area contributed by atoms with Crippen molar-refractivity contribution < 1.29 is 9.53 Å². The Morgan fingerprint density at radius 1 is 1.32 bits per heavy atom. The second-order valence-corrected chi connectivity index (χ2v) is 5.64. The molecule has 0 aromatic rings. The maximum absolute atomic E-state index is 12.2. The molecule has 2 rings (SSSR count). The quantitative estimate of drug-likeness (QED) is 0.798. The van der Waals surface area contributed by atoms with Crippen LogP contribution >= 0.6 is 0 Å². The number of ether oxygens (including phenoxy) is 1. The summed E-state index contributed by atoms with van der Waals surface area (Å²) in [5, 5.41) is 3.36. The summed E-state index contributed by atoms with van der Waals surface area (Å²) in [4.78, 5) is 16.3. The van der Waals surface area contributed by atoms with E-state index in [2.05, 4.69) is 10.2 Å². The van der Waals surface area contributed by atoms with Gasteiger partial charge in [0.2, 0.25) is 5.91 Å². The van der Waals surface area contributed by atoms with E-state index >= 15 is 0 Å². The maximum Gasteiger partial charge on any atom is 0.236 e. The van der Waals surface area contributed by atoms with Gasteiger partial charge in [-0.15, -0.1) is 0 Å². The molecule has 1 unspecified atom stereocenters. The van der Waals surface area contributed by atoms with E-state index in [0.29, 0.717) is 6.54 Å². The topological polar surface area (TPSA) is 44.8 Å². The van der Waals surface area contributed by atoms with E-state index in [-0.39, 0.29) is 12.0 Å². The first kappa shape index (κ1) is 14.8. The zero-order valence-corrected chi connectivity index (χ0v) is 12.1. The molecule has 1 atom stereocenters. The molecule has 110 valence electrons. The van der Waals surface area contributed by atoms with Crippen LogP contribution in [0.4, 0.5) is 0 Å². The van der Waals surface area contributed by atoms with Gasteiger partial charge in [-0.1, -0.05) is 0 Å². The molecule has 2 aliphatic rings. The number of carbonyl (C=O) groups excluding carboxylic acids is 1. The van der Waals surface area contributed by atoms with Crippen molar-refractivity contribution in [2.75, 3.05) is 52.9 Å². The molecule has 2 heterocycles. The van der Waals surface area contributed by atoms with Crippen molar-refractivity contribution in [2.24, 2.45) is 0 Å². The highest BCUT2D eigenvalue weighted by atomic mass is 16.5. The Morgan fingerprint density at radius 2 is 2.21 bits per heavy atom. The van der Waals surface area contributed by atoms with E-state index in [1.165, 1.54) is 6.42 Å². The Morgan fingerprint density at radius 3 is 3.00 bits per heavy atom. The molecule has 2 aliphatic heterocycles. The molecule has 5 nitrogen and oxygen atoms in total. The molecule has 2 fully saturated rings. The number of nitrogens with one attached hydrogen (secondary N) is 1. The van der Waals surface area contributed by atoms with Gasteiger partial charge in [0.1, 0.15) is 0 Å². The highest BCUT2D eigenvalue weighted by molar-refractivity contribution is 5.78. The van der Waals surface area contributed by atoms with Crippen LogP contribution in [0.1, 0.15) is 25.7 Å². The molecule has 0 aliphatic carbocycles. The summed E-state index contributed by atoms with van der Waals surface area (Å²) in [7, 11) is 1.90. The number of amides is 1. The second kappa shape index (κ2) is 7.82. The van der Waals surface area contributed by atoms with Gasteiger partial charge < -0.3 is 15.0 Å². The van der Waals surface area contributed by atoms with Crippen molar-refractivity contribution in [1.82, 2.24) is 15.1 Å². The van der Waals surface area contributed by atoms with Crippen LogP contribution in [0.2, 0.25) is 0 Å². The minimum Gasteiger partial charge on any atom is -0.376 e. The van der Waals surface area contributed by atoms with Gasteiger partial charge in [0.15, 0.2) is 0 Å². The van der Waals surface area contributed by atoms with Crippen LogP contribution in [-0.2, 0) is 9.53 Å².